The van der Waals surface area contributed by atoms with Gasteiger partial charge in [0.2, 0.25) is 0 Å². The van der Waals surface area contributed by atoms with E-state index in [-0.39, 0.29) is 11.3 Å². The van der Waals surface area contributed by atoms with Crippen molar-refractivity contribution in [1.29, 1.82) is 0 Å². The van der Waals surface area contributed by atoms with Crippen LogP contribution in [0.5, 0.6) is 0 Å². The summed E-state index contributed by atoms with van der Waals surface area (Å²) in [7, 11) is 0. The summed E-state index contributed by atoms with van der Waals surface area (Å²) < 4.78 is 80.2. The first kappa shape index (κ1) is 28.8. The number of fused-ring (bicyclic) bond motifs is 1. The number of pyridine rings is 1. The van der Waals surface area contributed by atoms with Gasteiger partial charge < -0.3 is 10.2 Å². The number of nitrogens with zero attached hydrogens (tertiary/aromatic N) is 4. The summed E-state index contributed by atoms with van der Waals surface area (Å²) in [5.41, 5.74) is -0.792. The average Bonchev–Trinajstić information content (AvgIpc) is 2.93. The molecule has 11 heteroatoms. The van der Waals surface area contributed by atoms with Crippen LogP contribution in [-0.4, -0.2) is 39.5 Å². The minimum absolute atomic E-state index is 0.210. The van der Waals surface area contributed by atoms with E-state index in [1.165, 1.54) is 30.5 Å². The minimum atomic E-state index is -4.59. The van der Waals surface area contributed by atoms with Crippen LogP contribution in [0.1, 0.15) is 43.1 Å². The van der Waals surface area contributed by atoms with Gasteiger partial charge in [0.1, 0.15) is 11.6 Å². The molecule has 0 amide bonds. The minimum Gasteiger partial charge on any atom is -0.340 e. The SMILES string of the molecule is CC1CCN(CCCc2nc(Nc3ccc(C(F)(F)F)cc3)c3ccc(-c4ncccc4C(F)(F)F)cc3n2)CC1. The fourth-order valence-corrected chi connectivity index (χ4v) is 5.02. The van der Waals surface area contributed by atoms with Gasteiger partial charge in [0.15, 0.2) is 0 Å². The number of likely N-dealkylation sites (tertiary alicyclic amines) is 1. The number of alkyl halides is 6. The average molecular weight is 574 g/mol. The molecule has 216 valence electrons. The number of halogens is 6. The Morgan fingerprint density at radius 2 is 1.63 bits per heavy atom. The van der Waals surface area contributed by atoms with Crippen LogP contribution in [0, 0.1) is 5.92 Å². The van der Waals surface area contributed by atoms with Crippen LogP contribution in [0.2, 0.25) is 0 Å². The van der Waals surface area contributed by atoms with Gasteiger partial charge in [-0.3, -0.25) is 4.98 Å². The molecular weight excluding hydrogens is 544 g/mol. The standard InChI is InChI=1S/C30H29F6N5/c1-19-12-16-41(17-13-19)15-3-5-26-39-25-18-20(27-24(30(34,35)36)4-2-14-37-27)6-11-23(25)28(40-26)38-22-9-7-21(8-10-22)29(31,32)33/h2,4,6-11,14,18-19H,3,5,12-13,15-17H2,1H3,(H,38,39,40). The number of hydrogen-bond donors (Lipinski definition) is 1. The van der Waals surface area contributed by atoms with E-state index in [9.17, 15) is 26.3 Å². The highest BCUT2D eigenvalue weighted by Crippen LogP contribution is 2.37. The highest BCUT2D eigenvalue weighted by Gasteiger charge is 2.34. The molecule has 0 radical (unpaired) electrons. The van der Waals surface area contributed by atoms with Crippen molar-refractivity contribution < 1.29 is 26.3 Å². The van der Waals surface area contributed by atoms with Gasteiger partial charge in [0.25, 0.3) is 0 Å². The third kappa shape index (κ3) is 6.95. The second-order valence-electron chi connectivity index (χ2n) is 10.4. The number of aryl methyl sites for hydroxylation is 1. The number of benzene rings is 2. The predicted octanol–water partition coefficient (Wildman–Crippen LogP) is 8.14. The molecule has 0 spiro atoms. The first-order chi connectivity index (χ1) is 19.5. The van der Waals surface area contributed by atoms with E-state index < -0.39 is 23.5 Å². The number of nitrogens with one attached hydrogen (secondary N) is 1. The summed E-state index contributed by atoms with van der Waals surface area (Å²) in [6, 6.07) is 11.5. The fraction of sp³-hybridized carbons (Fsp3) is 0.367. The predicted molar refractivity (Wildman–Crippen MR) is 146 cm³/mol. The van der Waals surface area contributed by atoms with Gasteiger partial charge in [0, 0.05) is 29.3 Å². The summed E-state index contributed by atoms with van der Waals surface area (Å²) in [5, 5.41) is 3.60. The maximum absolute atomic E-state index is 13.7. The molecule has 0 unspecified atom stereocenters. The summed E-state index contributed by atoms with van der Waals surface area (Å²) in [6.45, 7) is 5.20. The number of aromatic nitrogens is 3. The van der Waals surface area contributed by atoms with Crippen LogP contribution in [-0.2, 0) is 18.8 Å². The van der Waals surface area contributed by atoms with Gasteiger partial charge in [-0.05, 0) is 93.3 Å². The molecule has 2 aromatic carbocycles. The fourth-order valence-electron chi connectivity index (χ4n) is 5.02. The molecule has 0 bridgehead atoms. The van der Waals surface area contributed by atoms with E-state index in [1.807, 2.05) is 0 Å². The van der Waals surface area contributed by atoms with Crippen LogP contribution in [0.25, 0.3) is 22.2 Å². The molecule has 5 rings (SSSR count). The molecule has 3 heterocycles. The van der Waals surface area contributed by atoms with Crippen LogP contribution >= 0.6 is 0 Å². The molecule has 5 nitrogen and oxygen atoms in total. The quantitative estimate of drug-likeness (QED) is 0.226. The van der Waals surface area contributed by atoms with E-state index in [0.29, 0.717) is 34.7 Å². The van der Waals surface area contributed by atoms with Crippen molar-refractivity contribution >= 4 is 22.4 Å². The van der Waals surface area contributed by atoms with Crippen LogP contribution in [0.3, 0.4) is 0 Å². The Hall–Kier alpha value is -3.73. The molecule has 1 N–H and O–H groups in total. The number of hydrogen-bond acceptors (Lipinski definition) is 5. The summed E-state index contributed by atoms with van der Waals surface area (Å²) in [6.07, 6.45) is -4.11. The largest absolute Gasteiger partial charge is 0.418 e. The second-order valence-corrected chi connectivity index (χ2v) is 10.4. The van der Waals surface area contributed by atoms with Crippen molar-refractivity contribution in [2.75, 3.05) is 25.0 Å². The topological polar surface area (TPSA) is 53.9 Å². The van der Waals surface area contributed by atoms with E-state index in [4.69, 9.17) is 0 Å². The molecule has 1 fully saturated rings. The molecule has 41 heavy (non-hydrogen) atoms. The molecule has 0 atom stereocenters. The van der Waals surface area contributed by atoms with Crippen molar-refractivity contribution in [1.82, 2.24) is 19.9 Å². The van der Waals surface area contributed by atoms with E-state index in [1.54, 1.807) is 12.1 Å². The molecule has 0 saturated carbocycles. The second kappa shape index (κ2) is 11.6. The van der Waals surface area contributed by atoms with Gasteiger partial charge >= 0.3 is 12.4 Å². The number of piperidine rings is 1. The zero-order chi connectivity index (χ0) is 29.2. The highest BCUT2D eigenvalue weighted by atomic mass is 19.4. The normalized spacial score (nSPS) is 15.4. The zero-order valence-corrected chi connectivity index (χ0v) is 22.4. The third-order valence-electron chi connectivity index (χ3n) is 7.36. The van der Waals surface area contributed by atoms with Gasteiger partial charge in [-0.25, -0.2) is 9.97 Å². The molecule has 1 aliphatic heterocycles. The van der Waals surface area contributed by atoms with Crippen LogP contribution in [0.4, 0.5) is 37.8 Å². The van der Waals surface area contributed by atoms with E-state index in [0.717, 1.165) is 63.0 Å². The third-order valence-corrected chi connectivity index (χ3v) is 7.36. The molecule has 2 aromatic heterocycles. The van der Waals surface area contributed by atoms with Crippen molar-refractivity contribution in [3.63, 3.8) is 0 Å². The lowest BCUT2D eigenvalue weighted by Gasteiger charge is -2.30. The lowest BCUT2D eigenvalue weighted by molar-refractivity contribution is -0.138. The summed E-state index contributed by atoms with van der Waals surface area (Å²) in [5.74, 6) is 1.58. The Balaban J connectivity index is 1.48. The zero-order valence-electron chi connectivity index (χ0n) is 22.4. The monoisotopic (exact) mass is 573 g/mol. The Morgan fingerprint density at radius 3 is 2.32 bits per heavy atom. The van der Waals surface area contributed by atoms with Crippen molar-refractivity contribution in [2.45, 2.75) is 45.0 Å². The van der Waals surface area contributed by atoms with Gasteiger partial charge in [-0.15, -0.1) is 0 Å². The maximum atomic E-state index is 13.7. The molecule has 0 aliphatic carbocycles. The number of anilines is 2. The lowest BCUT2D eigenvalue weighted by Crippen LogP contribution is -2.33. The molecule has 1 saturated heterocycles. The first-order valence-electron chi connectivity index (χ1n) is 13.5. The van der Waals surface area contributed by atoms with E-state index >= 15 is 0 Å². The molecule has 1 aliphatic rings. The van der Waals surface area contributed by atoms with E-state index in [2.05, 4.69) is 32.1 Å². The summed E-state index contributed by atoms with van der Waals surface area (Å²) >= 11 is 0. The maximum Gasteiger partial charge on any atom is 0.418 e. The molecular formula is C30H29F6N5. The summed E-state index contributed by atoms with van der Waals surface area (Å²) in [4.78, 5) is 15.7. The number of rotatable bonds is 7. The Kier molecular flexibility index (Phi) is 8.17. The Bertz CT molecular complexity index is 1490. The van der Waals surface area contributed by atoms with Crippen molar-refractivity contribution in [3.05, 3.63) is 77.7 Å². The van der Waals surface area contributed by atoms with Gasteiger partial charge in [-0.1, -0.05) is 13.0 Å². The van der Waals surface area contributed by atoms with Crippen molar-refractivity contribution in [3.8, 4) is 11.3 Å². The smallest absolute Gasteiger partial charge is 0.340 e. The Morgan fingerprint density at radius 1 is 0.902 bits per heavy atom. The first-order valence-corrected chi connectivity index (χ1v) is 13.5. The Labute approximate surface area is 233 Å². The van der Waals surface area contributed by atoms with Crippen LogP contribution in [0.15, 0.2) is 60.8 Å². The van der Waals surface area contributed by atoms with Crippen molar-refractivity contribution in [2.24, 2.45) is 5.92 Å². The lowest BCUT2D eigenvalue weighted by atomic mass is 9.99. The highest BCUT2D eigenvalue weighted by molar-refractivity contribution is 5.93. The van der Waals surface area contributed by atoms with Gasteiger partial charge in [0.05, 0.1) is 22.3 Å². The van der Waals surface area contributed by atoms with Crippen LogP contribution < -0.4 is 5.32 Å². The molecule has 4 aromatic rings. The van der Waals surface area contributed by atoms with Gasteiger partial charge in [-0.2, -0.15) is 26.3 Å².